The van der Waals surface area contributed by atoms with Crippen LogP contribution < -0.4 is 10.2 Å². The van der Waals surface area contributed by atoms with Crippen molar-refractivity contribution in [2.75, 3.05) is 31.2 Å². The Kier molecular flexibility index (Phi) is 5.16. The SMILES string of the molecule is Cc1nc2ccc(C(=O)NCc3ccc(N4CCOCC4)nc3)cc2nc1C. The van der Waals surface area contributed by atoms with E-state index in [0.717, 1.165) is 60.1 Å². The molecular weight excluding hydrogens is 354 g/mol. The highest BCUT2D eigenvalue weighted by Crippen LogP contribution is 2.15. The lowest BCUT2D eigenvalue weighted by Crippen LogP contribution is -2.36. The van der Waals surface area contributed by atoms with Crippen molar-refractivity contribution in [3.63, 3.8) is 0 Å². The molecule has 7 heteroatoms. The molecule has 1 N–H and O–H groups in total. The second kappa shape index (κ2) is 7.90. The van der Waals surface area contributed by atoms with E-state index in [9.17, 15) is 4.79 Å². The van der Waals surface area contributed by atoms with E-state index in [-0.39, 0.29) is 5.91 Å². The van der Waals surface area contributed by atoms with Crippen molar-refractivity contribution in [1.82, 2.24) is 20.3 Å². The summed E-state index contributed by atoms with van der Waals surface area (Å²) in [5.41, 5.74) is 4.82. The molecule has 0 spiro atoms. The maximum absolute atomic E-state index is 12.5. The van der Waals surface area contributed by atoms with Gasteiger partial charge in [-0.3, -0.25) is 4.79 Å². The van der Waals surface area contributed by atoms with E-state index in [1.807, 2.05) is 38.2 Å². The summed E-state index contributed by atoms with van der Waals surface area (Å²) in [6, 6.07) is 9.38. The molecule has 0 atom stereocenters. The minimum Gasteiger partial charge on any atom is -0.378 e. The molecule has 28 heavy (non-hydrogen) atoms. The number of benzene rings is 1. The van der Waals surface area contributed by atoms with Crippen molar-refractivity contribution in [2.24, 2.45) is 0 Å². The lowest BCUT2D eigenvalue weighted by atomic mass is 10.1. The van der Waals surface area contributed by atoms with E-state index in [2.05, 4.69) is 25.2 Å². The zero-order chi connectivity index (χ0) is 19.5. The number of nitrogens with one attached hydrogen (secondary N) is 1. The summed E-state index contributed by atoms with van der Waals surface area (Å²) in [5.74, 6) is 0.802. The number of amides is 1. The van der Waals surface area contributed by atoms with Crippen molar-refractivity contribution in [2.45, 2.75) is 20.4 Å². The lowest BCUT2D eigenvalue weighted by Gasteiger charge is -2.27. The van der Waals surface area contributed by atoms with Crippen LogP contribution in [0.3, 0.4) is 0 Å². The van der Waals surface area contributed by atoms with Gasteiger partial charge >= 0.3 is 0 Å². The van der Waals surface area contributed by atoms with Gasteiger partial charge in [-0.15, -0.1) is 0 Å². The number of aromatic nitrogens is 3. The Hall–Kier alpha value is -3.06. The van der Waals surface area contributed by atoms with Crippen LogP contribution in [0.25, 0.3) is 11.0 Å². The number of aryl methyl sites for hydroxylation is 2. The number of anilines is 1. The Morgan fingerprint density at radius 2 is 1.82 bits per heavy atom. The second-order valence-corrected chi connectivity index (χ2v) is 6.90. The van der Waals surface area contributed by atoms with Crippen LogP contribution in [0.2, 0.25) is 0 Å². The van der Waals surface area contributed by atoms with Gasteiger partial charge in [0.1, 0.15) is 5.82 Å². The number of hydrogen-bond donors (Lipinski definition) is 1. The van der Waals surface area contributed by atoms with Crippen LogP contribution in [0.5, 0.6) is 0 Å². The zero-order valence-corrected chi connectivity index (χ0v) is 16.1. The number of fused-ring (bicyclic) bond motifs is 1. The fourth-order valence-corrected chi connectivity index (χ4v) is 3.16. The first kappa shape index (κ1) is 18.3. The fraction of sp³-hybridized carbons (Fsp3) is 0.333. The highest BCUT2D eigenvalue weighted by atomic mass is 16.5. The van der Waals surface area contributed by atoms with Gasteiger partial charge in [-0.05, 0) is 43.7 Å². The van der Waals surface area contributed by atoms with Crippen molar-refractivity contribution < 1.29 is 9.53 Å². The van der Waals surface area contributed by atoms with Gasteiger partial charge in [0.05, 0.1) is 35.6 Å². The molecule has 3 aromatic rings. The predicted octanol–water partition coefficient (Wildman–Crippen LogP) is 2.41. The van der Waals surface area contributed by atoms with Gasteiger partial charge in [0.15, 0.2) is 0 Å². The molecule has 4 rings (SSSR count). The number of morpholine rings is 1. The number of carbonyl (C=O) groups is 1. The van der Waals surface area contributed by atoms with E-state index in [0.29, 0.717) is 12.1 Å². The van der Waals surface area contributed by atoms with Crippen molar-refractivity contribution in [3.8, 4) is 0 Å². The molecule has 1 amide bonds. The van der Waals surface area contributed by atoms with Gasteiger partial charge in [0.25, 0.3) is 5.91 Å². The predicted molar refractivity (Wildman–Crippen MR) is 107 cm³/mol. The maximum atomic E-state index is 12.5. The van der Waals surface area contributed by atoms with Crippen LogP contribution in [-0.4, -0.2) is 47.2 Å². The van der Waals surface area contributed by atoms with Crippen LogP contribution in [-0.2, 0) is 11.3 Å². The van der Waals surface area contributed by atoms with Crippen LogP contribution in [0.4, 0.5) is 5.82 Å². The number of nitrogens with zero attached hydrogens (tertiary/aromatic N) is 4. The number of ether oxygens (including phenoxy) is 1. The van der Waals surface area contributed by atoms with Gasteiger partial charge in [0.2, 0.25) is 0 Å². The smallest absolute Gasteiger partial charge is 0.251 e. The fourth-order valence-electron chi connectivity index (χ4n) is 3.16. The Morgan fingerprint density at radius 1 is 1.07 bits per heavy atom. The minimum atomic E-state index is -0.140. The average molecular weight is 377 g/mol. The summed E-state index contributed by atoms with van der Waals surface area (Å²) >= 11 is 0. The van der Waals surface area contributed by atoms with Gasteiger partial charge in [-0.2, -0.15) is 0 Å². The van der Waals surface area contributed by atoms with Gasteiger partial charge < -0.3 is 15.0 Å². The largest absolute Gasteiger partial charge is 0.378 e. The van der Waals surface area contributed by atoms with E-state index < -0.39 is 0 Å². The molecule has 2 aromatic heterocycles. The topological polar surface area (TPSA) is 80.2 Å². The third kappa shape index (κ3) is 3.94. The Bertz CT molecular complexity index is 998. The van der Waals surface area contributed by atoms with Crippen LogP contribution >= 0.6 is 0 Å². The minimum absolute atomic E-state index is 0.140. The third-order valence-corrected chi connectivity index (χ3v) is 4.93. The first-order valence-corrected chi connectivity index (χ1v) is 9.41. The van der Waals surface area contributed by atoms with E-state index in [4.69, 9.17) is 4.74 Å². The molecule has 0 radical (unpaired) electrons. The first-order valence-electron chi connectivity index (χ1n) is 9.41. The molecule has 1 aliphatic rings. The molecule has 1 aliphatic heterocycles. The molecule has 7 nitrogen and oxygen atoms in total. The van der Waals surface area contributed by atoms with E-state index in [1.165, 1.54) is 0 Å². The summed E-state index contributed by atoms with van der Waals surface area (Å²) in [6.45, 7) is 7.44. The highest BCUT2D eigenvalue weighted by Gasteiger charge is 2.12. The van der Waals surface area contributed by atoms with Crippen LogP contribution in [0.15, 0.2) is 36.5 Å². The third-order valence-electron chi connectivity index (χ3n) is 4.93. The molecule has 1 aromatic carbocycles. The molecule has 0 unspecified atom stereocenters. The molecule has 1 saturated heterocycles. The van der Waals surface area contributed by atoms with Crippen LogP contribution in [0, 0.1) is 13.8 Å². The van der Waals surface area contributed by atoms with Crippen molar-refractivity contribution in [1.29, 1.82) is 0 Å². The summed E-state index contributed by atoms with van der Waals surface area (Å²) in [5, 5.41) is 2.94. The van der Waals surface area contributed by atoms with Crippen molar-refractivity contribution in [3.05, 3.63) is 59.0 Å². The summed E-state index contributed by atoms with van der Waals surface area (Å²) < 4.78 is 5.37. The molecule has 3 heterocycles. The molecule has 0 aliphatic carbocycles. The normalized spacial score (nSPS) is 14.3. The van der Waals surface area contributed by atoms with E-state index >= 15 is 0 Å². The number of carbonyl (C=O) groups excluding carboxylic acids is 1. The highest BCUT2D eigenvalue weighted by molar-refractivity contribution is 5.97. The Balaban J connectivity index is 1.41. The molecule has 0 bridgehead atoms. The van der Waals surface area contributed by atoms with Crippen molar-refractivity contribution >= 4 is 22.8 Å². The molecule has 0 saturated carbocycles. The monoisotopic (exact) mass is 377 g/mol. The first-order chi connectivity index (χ1) is 13.6. The van der Waals surface area contributed by atoms with Crippen LogP contribution in [0.1, 0.15) is 27.3 Å². The number of rotatable bonds is 4. The quantitative estimate of drug-likeness (QED) is 0.752. The molecule has 1 fully saturated rings. The number of pyridine rings is 1. The number of hydrogen-bond acceptors (Lipinski definition) is 6. The standard InChI is InChI=1S/C21H23N5O2/c1-14-15(2)25-19-11-17(4-5-18(19)24-14)21(27)23-13-16-3-6-20(22-12-16)26-7-9-28-10-8-26/h3-6,11-12H,7-10,13H2,1-2H3,(H,23,27). The zero-order valence-electron chi connectivity index (χ0n) is 16.1. The summed E-state index contributed by atoms with van der Waals surface area (Å²) in [4.78, 5) is 28.3. The Labute approximate surface area is 163 Å². The molecule has 144 valence electrons. The maximum Gasteiger partial charge on any atom is 0.251 e. The lowest BCUT2D eigenvalue weighted by molar-refractivity contribution is 0.0951. The van der Waals surface area contributed by atoms with E-state index in [1.54, 1.807) is 12.1 Å². The summed E-state index contributed by atoms with van der Waals surface area (Å²) in [6.07, 6.45) is 1.81. The van der Waals surface area contributed by atoms with Gasteiger partial charge in [-0.1, -0.05) is 6.07 Å². The van der Waals surface area contributed by atoms with Gasteiger partial charge in [0, 0.05) is 31.4 Å². The summed E-state index contributed by atoms with van der Waals surface area (Å²) in [7, 11) is 0. The van der Waals surface area contributed by atoms with Gasteiger partial charge in [-0.25, -0.2) is 15.0 Å². The Morgan fingerprint density at radius 3 is 2.54 bits per heavy atom. The average Bonchev–Trinajstić information content (AvgIpc) is 2.73. The second-order valence-electron chi connectivity index (χ2n) is 6.90. The molecular formula is C21H23N5O2.